The maximum Gasteiger partial charge on any atom is 0.416 e. The average Bonchev–Trinajstić information content (AvgIpc) is 3.00. The molecule has 17 heteroatoms. The van der Waals surface area contributed by atoms with Gasteiger partial charge in [-0.25, -0.2) is 4.79 Å². The van der Waals surface area contributed by atoms with Gasteiger partial charge in [0, 0.05) is 55.7 Å². The summed E-state index contributed by atoms with van der Waals surface area (Å²) in [5.41, 5.74) is -2.76. The number of carbonyl (C=O) groups is 1. The number of esters is 1. The molecule has 0 unspecified atom stereocenters. The van der Waals surface area contributed by atoms with Gasteiger partial charge < -0.3 is 15.0 Å². The van der Waals surface area contributed by atoms with Gasteiger partial charge >= 0.3 is 24.5 Å². The molecule has 1 aliphatic rings. The van der Waals surface area contributed by atoms with Crippen molar-refractivity contribution in [1.82, 2.24) is 9.88 Å². The minimum absolute atomic E-state index is 0. The Morgan fingerprint density at radius 3 is 1.94 bits per heavy atom. The van der Waals surface area contributed by atoms with Crippen molar-refractivity contribution >= 4 is 58.7 Å². The number of ether oxygens (including phenoxy) is 1. The molecule has 1 fully saturated rings. The SMILES string of the molecule is Cl.Cl.O=C(OCCN1CCN(c2cc(C(F)(F)F)cc(C(F)(F)F)c2)CC1)c1ccccc1Nc1ccnc2cc(C(F)(F)F)ccc12. The predicted molar refractivity (Wildman–Crippen MR) is 166 cm³/mol. The van der Waals surface area contributed by atoms with E-state index in [9.17, 15) is 44.3 Å². The zero-order valence-corrected chi connectivity index (χ0v) is 26.2. The van der Waals surface area contributed by atoms with Crippen molar-refractivity contribution in [2.24, 2.45) is 0 Å². The molecule has 2 heterocycles. The van der Waals surface area contributed by atoms with Crippen LogP contribution >= 0.6 is 24.8 Å². The first kappa shape index (κ1) is 38.5. The van der Waals surface area contributed by atoms with Crippen LogP contribution in [0, 0.1) is 0 Å². The first-order valence-corrected chi connectivity index (χ1v) is 13.9. The minimum atomic E-state index is -4.94. The number of benzene rings is 3. The molecule has 5 rings (SSSR count). The largest absolute Gasteiger partial charge is 0.461 e. The molecule has 1 N–H and O–H groups in total. The molecule has 0 spiro atoms. The minimum Gasteiger partial charge on any atom is -0.461 e. The normalized spacial score (nSPS) is 14.2. The van der Waals surface area contributed by atoms with E-state index in [-0.39, 0.29) is 73.9 Å². The number of anilines is 3. The Bertz CT molecular complexity index is 1690. The summed E-state index contributed by atoms with van der Waals surface area (Å²) in [6.45, 7) is 1.14. The Morgan fingerprint density at radius 2 is 1.33 bits per heavy atom. The molecule has 260 valence electrons. The summed E-state index contributed by atoms with van der Waals surface area (Å²) in [5.74, 6) is -0.678. The van der Waals surface area contributed by atoms with Crippen LogP contribution in [0.3, 0.4) is 0 Å². The van der Waals surface area contributed by atoms with Crippen LogP contribution in [-0.2, 0) is 23.3 Å². The fourth-order valence-electron chi connectivity index (χ4n) is 5.04. The third-order valence-electron chi connectivity index (χ3n) is 7.44. The average molecular weight is 729 g/mol. The number of piperazine rings is 1. The molecule has 0 saturated carbocycles. The third-order valence-corrected chi connectivity index (χ3v) is 7.44. The molecule has 4 aromatic rings. The fourth-order valence-corrected chi connectivity index (χ4v) is 5.04. The second-order valence-corrected chi connectivity index (χ2v) is 10.5. The summed E-state index contributed by atoms with van der Waals surface area (Å²) >= 11 is 0. The van der Waals surface area contributed by atoms with Crippen molar-refractivity contribution in [2.75, 3.05) is 49.5 Å². The monoisotopic (exact) mass is 728 g/mol. The molecule has 1 saturated heterocycles. The molecule has 1 aromatic heterocycles. The second kappa shape index (κ2) is 15.1. The second-order valence-electron chi connectivity index (χ2n) is 10.5. The van der Waals surface area contributed by atoms with Gasteiger partial charge in [-0.15, -0.1) is 24.8 Å². The van der Waals surface area contributed by atoms with Gasteiger partial charge in [-0.3, -0.25) is 9.88 Å². The molecule has 0 radical (unpaired) electrons. The highest BCUT2D eigenvalue weighted by atomic mass is 35.5. The van der Waals surface area contributed by atoms with Crippen molar-refractivity contribution in [3.05, 3.63) is 95.2 Å². The summed E-state index contributed by atoms with van der Waals surface area (Å²) < 4.78 is 124. The topological polar surface area (TPSA) is 57.7 Å². The van der Waals surface area contributed by atoms with E-state index in [1.165, 1.54) is 23.2 Å². The van der Waals surface area contributed by atoms with E-state index >= 15 is 0 Å². The fraction of sp³-hybridized carbons (Fsp3) is 0.290. The first-order chi connectivity index (χ1) is 21.6. The standard InChI is InChI=1S/C31H25F9N4O2.2ClH/c32-29(33,34)19-5-6-23-26(7-8-41-27(23)18-19)42-25-4-2-1-3-24(25)28(45)46-14-13-43-9-11-44(12-10-43)22-16-20(30(35,36)37)15-21(17-22)31(38,39)40;;/h1-8,15-18H,9-14H2,(H,41,42);2*1H. The summed E-state index contributed by atoms with van der Waals surface area (Å²) in [6.07, 6.45) is -13.1. The van der Waals surface area contributed by atoms with E-state index in [1.54, 1.807) is 24.3 Å². The number of hydrogen-bond donors (Lipinski definition) is 1. The van der Waals surface area contributed by atoms with Crippen molar-refractivity contribution in [3.63, 3.8) is 0 Å². The Hall–Kier alpha value is -3.95. The van der Waals surface area contributed by atoms with Crippen molar-refractivity contribution in [2.45, 2.75) is 18.5 Å². The number of fused-ring (bicyclic) bond motifs is 1. The lowest BCUT2D eigenvalue weighted by molar-refractivity contribution is -0.143. The summed E-state index contributed by atoms with van der Waals surface area (Å²) in [4.78, 5) is 20.3. The molecule has 0 amide bonds. The van der Waals surface area contributed by atoms with Gasteiger partial charge in [-0.2, -0.15) is 39.5 Å². The van der Waals surface area contributed by atoms with E-state index in [1.807, 2.05) is 4.90 Å². The molecular weight excluding hydrogens is 702 g/mol. The highest BCUT2D eigenvalue weighted by molar-refractivity contribution is 5.99. The van der Waals surface area contributed by atoms with Crippen LogP contribution in [0.5, 0.6) is 0 Å². The summed E-state index contributed by atoms with van der Waals surface area (Å²) in [7, 11) is 0. The molecule has 1 aliphatic heterocycles. The van der Waals surface area contributed by atoms with Crippen LogP contribution in [0.4, 0.5) is 56.6 Å². The number of nitrogens with zero attached hydrogens (tertiary/aromatic N) is 3. The van der Waals surface area contributed by atoms with Crippen molar-refractivity contribution < 1.29 is 49.0 Å². The highest BCUT2D eigenvalue weighted by Gasteiger charge is 2.37. The van der Waals surface area contributed by atoms with Crippen LogP contribution in [0.25, 0.3) is 10.9 Å². The van der Waals surface area contributed by atoms with Gasteiger partial charge in [0.1, 0.15) is 6.61 Å². The zero-order chi connectivity index (χ0) is 33.3. The van der Waals surface area contributed by atoms with Gasteiger partial charge in [-0.05, 0) is 48.5 Å². The molecule has 3 aromatic carbocycles. The molecule has 6 nitrogen and oxygen atoms in total. The maximum absolute atomic E-state index is 13.3. The van der Waals surface area contributed by atoms with Gasteiger partial charge in [-0.1, -0.05) is 18.2 Å². The first-order valence-electron chi connectivity index (χ1n) is 13.9. The Balaban J connectivity index is 0.00000312. The zero-order valence-electron chi connectivity index (χ0n) is 24.5. The predicted octanol–water partition coefficient (Wildman–Crippen LogP) is 8.86. The Labute approximate surface area is 280 Å². The van der Waals surface area contributed by atoms with Crippen LogP contribution in [0.2, 0.25) is 0 Å². The number of halogens is 11. The maximum atomic E-state index is 13.3. The van der Waals surface area contributed by atoms with Crippen LogP contribution < -0.4 is 10.2 Å². The number of carbonyl (C=O) groups excluding carboxylic acids is 1. The van der Waals surface area contributed by atoms with Crippen LogP contribution in [-0.4, -0.2) is 55.2 Å². The molecule has 48 heavy (non-hydrogen) atoms. The lowest BCUT2D eigenvalue weighted by atomic mass is 10.1. The van der Waals surface area contributed by atoms with Gasteiger partial charge in [0.15, 0.2) is 0 Å². The highest BCUT2D eigenvalue weighted by Crippen LogP contribution is 2.39. The van der Waals surface area contributed by atoms with Gasteiger partial charge in [0.25, 0.3) is 0 Å². The summed E-state index contributed by atoms with van der Waals surface area (Å²) in [5, 5.41) is 3.46. The number of para-hydroxylation sites is 1. The van der Waals surface area contributed by atoms with Gasteiger partial charge in [0.05, 0.1) is 33.5 Å². The van der Waals surface area contributed by atoms with Crippen molar-refractivity contribution in [1.29, 1.82) is 0 Å². The molecular formula is C31H27Cl2F9N4O2. The number of aromatic nitrogens is 1. The lowest BCUT2D eigenvalue weighted by Crippen LogP contribution is -2.47. The van der Waals surface area contributed by atoms with E-state index in [2.05, 4.69) is 10.3 Å². The number of rotatable bonds is 7. The quantitative estimate of drug-likeness (QED) is 0.152. The van der Waals surface area contributed by atoms with Crippen LogP contribution in [0.1, 0.15) is 27.0 Å². The van der Waals surface area contributed by atoms with E-state index in [0.29, 0.717) is 42.0 Å². The summed E-state index contributed by atoms with van der Waals surface area (Å²) in [6, 6.07) is 12.6. The lowest BCUT2D eigenvalue weighted by Gasteiger charge is -2.36. The van der Waals surface area contributed by atoms with Gasteiger partial charge in [0.2, 0.25) is 0 Å². The van der Waals surface area contributed by atoms with E-state index < -0.39 is 41.2 Å². The number of alkyl halides is 9. The number of nitrogens with one attached hydrogen (secondary N) is 1. The Morgan fingerprint density at radius 1 is 0.729 bits per heavy atom. The van der Waals surface area contributed by atoms with Crippen molar-refractivity contribution in [3.8, 4) is 0 Å². The third kappa shape index (κ3) is 9.14. The molecule has 0 bridgehead atoms. The van der Waals surface area contributed by atoms with Crippen LogP contribution in [0.15, 0.2) is 72.9 Å². The van der Waals surface area contributed by atoms with E-state index in [0.717, 1.165) is 12.1 Å². The smallest absolute Gasteiger partial charge is 0.416 e. The number of hydrogen-bond acceptors (Lipinski definition) is 6. The van der Waals surface area contributed by atoms with E-state index in [4.69, 9.17) is 4.74 Å². The molecule has 0 atom stereocenters. The Kier molecular flexibility index (Phi) is 12.1. The molecule has 0 aliphatic carbocycles. The number of pyridine rings is 1.